The zero-order valence-electron chi connectivity index (χ0n) is 41.8. The van der Waals surface area contributed by atoms with E-state index in [1.165, 1.54) is 34.9 Å². The highest BCUT2D eigenvalue weighted by Gasteiger charge is 2.22. The number of phenolic OH excluding ortho intramolecular Hbond substituents is 2. The number of nitrogens with zero attached hydrogens (tertiary/aromatic N) is 2. The summed E-state index contributed by atoms with van der Waals surface area (Å²) >= 11 is 0. The number of hydrogen-bond donors (Lipinski definition) is 5. The van der Waals surface area contributed by atoms with E-state index in [4.69, 9.17) is 9.97 Å². The standard InChI is InChI=1S/C63H59N5O3/c1-61(2,3)42-19-10-37(11-20-42)56-46-27-29-48(65-46)57(38-12-21-43(22-13-38)62(4,5)6)50-31-33-52(67-50)59(40-16-25-45(26-17-40)64-60(71)41-18-35-54(69)55(70)36-41)53-34-32-51(68-53)58(49-30-28-47(56)66-49)39-14-23-44(24-15-39)63(7,8)9/h10-36,65,68-70H,1-9H3,(H,64,71). The van der Waals surface area contributed by atoms with Crippen LogP contribution >= 0.6 is 0 Å². The molecule has 5 aromatic carbocycles. The molecule has 354 valence electrons. The van der Waals surface area contributed by atoms with Gasteiger partial charge >= 0.3 is 0 Å². The molecule has 8 nitrogen and oxygen atoms in total. The molecule has 0 saturated carbocycles. The van der Waals surface area contributed by atoms with Gasteiger partial charge in [-0.2, -0.15) is 0 Å². The number of benzene rings is 5. The fourth-order valence-electron chi connectivity index (χ4n) is 9.42. The highest BCUT2D eigenvalue weighted by molar-refractivity contribution is 6.05. The Kier molecular flexibility index (Phi) is 11.5. The summed E-state index contributed by atoms with van der Waals surface area (Å²) < 4.78 is 0. The number of aromatic hydroxyl groups is 2. The third-order valence-corrected chi connectivity index (χ3v) is 13.5. The maximum absolute atomic E-state index is 13.3. The van der Waals surface area contributed by atoms with Crippen molar-refractivity contribution in [1.82, 2.24) is 19.9 Å². The minimum atomic E-state index is -0.418. The SMILES string of the molecule is CC(C)(C)c1ccc(-c2c3nc(c(-c4ccc(C(C)(C)C)cc4)c4ccc([nH]4)c(-c4ccc(C(C)(C)C)cc4)c4nc(c(-c5ccc(NC(=O)c6ccc(O)c(O)c6)cc5)c5ccc2[nH]5)C=C4)C=C3)cc1. The molecule has 10 rings (SSSR count). The number of phenols is 2. The Hall–Kier alpha value is -8.23. The van der Waals surface area contributed by atoms with Crippen LogP contribution in [-0.4, -0.2) is 36.1 Å². The van der Waals surface area contributed by atoms with Crippen molar-refractivity contribution in [2.45, 2.75) is 78.6 Å². The van der Waals surface area contributed by atoms with Gasteiger partial charge in [0.05, 0.1) is 22.8 Å². The van der Waals surface area contributed by atoms with Crippen LogP contribution in [0.4, 0.5) is 5.69 Å². The third kappa shape index (κ3) is 9.21. The van der Waals surface area contributed by atoms with Gasteiger partial charge in [-0.3, -0.25) is 4.79 Å². The fraction of sp³-hybridized carbons (Fsp3) is 0.190. The molecule has 0 spiro atoms. The Morgan fingerprint density at radius 1 is 0.408 bits per heavy atom. The smallest absolute Gasteiger partial charge is 0.255 e. The summed E-state index contributed by atoms with van der Waals surface area (Å²) in [5, 5.41) is 22.8. The first-order valence-corrected chi connectivity index (χ1v) is 24.2. The number of hydrogen-bond acceptors (Lipinski definition) is 5. The lowest BCUT2D eigenvalue weighted by molar-refractivity contribution is 0.102. The van der Waals surface area contributed by atoms with Crippen molar-refractivity contribution in [3.8, 4) is 56.0 Å². The molecule has 2 aliphatic rings. The van der Waals surface area contributed by atoms with Crippen molar-refractivity contribution >= 4 is 58.0 Å². The minimum absolute atomic E-state index is 0.00570. The number of carbonyl (C=O) groups excluding carboxylic acids is 1. The zero-order chi connectivity index (χ0) is 50.0. The van der Waals surface area contributed by atoms with Gasteiger partial charge in [-0.15, -0.1) is 0 Å². The van der Waals surface area contributed by atoms with Crippen LogP contribution in [0.25, 0.3) is 90.9 Å². The lowest BCUT2D eigenvalue weighted by atomic mass is 9.86. The van der Waals surface area contributed by atoms with E-state index < -0.39 is 5.91 Å². The van der Waals surface area contributed by atoms with Crippen LogP contribution in [0.15, 0.2) is 140 Å². The molecule has 0 radical (unpaired) electrons. The van der Waals surface area contributed by atoms with Gasteiger partial charge < -0.3 is 25.5 Å². The van der Waals surface area contributed by atoms with Gasteiger partial charge in [0.1, 0.15) is 0 Å². The first-order valence-electron chi connectivity index (χ1n) is 24.2. The quantitative estimate of drug-likeness (QED) is 0.106. The molecule has 8 aromatic rings. The van der Waals surface area contributed by atoms with E-state index in [0.717, 1.165) is 89.4 Å². The molecule has 2 aliphatic heterocycles. The summed E-state index contributed by atoms with van der Waals surface area (Å²) in [6.07, 6.45) is 8.45. The molecule has 8 heteroatoms. The Labute approximate surface area is 415 Å². The Bertz CT molecular complexity index is 3550. The van der Waals surface area contributed by atoms with Crippen molar-refractivity contribution in [2.75, 3.05) is 5.32 Å². The van der Waals surface area contributed by atoms with Gasteiger partial charge in [-0.25, -0.2) is 9.97 Å². The predicted octanol–water partition coefficient (Wildman–Crippen LogP) is 15.9. The van der Waals surface area contributed by atoms with Crippen LogP contribution in [0.2, 0.25) is 0 Å². The molecular weight excluding hydrogens is 875 g/mol. The molecule has 0 unspecified atom stereocenters. The number of carbonyl (C=O) groups is 1. The number of fused-ring (bicyclic) bond motifs is 8. The highest BCUT2D eigenvalue weighted by atomic mass is 16.3. The van der Waals surface area contributed by atoms with Crippen LogP contribution in [-0.2, 0) is 16.2 Å². The number of aromatic amines is 2. The summed E-state index contributed by atoms with van der Waals surface area (Å²) in [6.45, 7) is 20.1. The van der Waals surface area contributed by atoms with E-state index in [0.29, 0.717) is 5.69 Å². The van der Waals surface area contributed by atoms with E-state index in [1.807, 2.05) is 24.3 Å². The van der Waals surface area contributed by atoms with Gasteiger partial charge in [0.25, 0.3) is 5.91 Å². The lowest BCUT2D eigenvalue weighted by Gasteiger charge is -2.19. The second kappa shape index (κ2) is 17.6. The second-order valence-electron chi connectivity index (χ2n) is 21.7. The number of aromatic nitrogens is 4. The molecular formula is C63H59N5O3. The Balaban J connectivity index is 1.26. The van der Waals surface area contributed by atoms with Crippen molar-refractivity contribution in [3.63, 3.8) is 0 Å². The molecule has 0 fully saturated rings. The minimum Gasteiger partial charge on any atom is -0.504 e. The molecule has 8 bridgehead atoms. The monoisotopic (exact) mass is 933 g/mol. The van der Waals surface area contributed by atoms with Crippen LogP contribution in [0.1, 0.15) is 112 Å². The number of nitrogens with one attached hydrogen (secondary N) is 3. The lowest BCUT2D eigenvalue weighted by Crippen LogP contribution is -2.11. The Morgan fingerprint density at radius 3 is 1.01 bits per heavy atom. The summed E-state index contributed by atoms with van der Waals surface area (Å²) in [4.78, 5) is 32.0. The van der Waals surface area contributed by atoms with E-state index >= 15 is 0 Å². The maximum atomic E-state index is 13.3. The number of H-pyrrole nitrogens is 2. The summed E-state index contributed by atoms with van der Waals surface area (Å²) in [6, 6.07) is 46.8. The molecule has 0 saturated heterocycles. The number of rotatable bonds is 6. The van der Waals surface area contributed by atoms with E-state index in [1.54, 1.807) is 0 Å². The molecule has 0 aliphatic carbocycles. The molecule has 1 amide bonds. The third-order valence-electron chi connectivity index (χ3n) is 13.5. The van der Waals surface area contributed by atoms with E-state index in [-0.39, 0.29) is 33.3 Å². The molecule has 71 heavy (non-hydrogen) atoms. The van der Waals surface area contributed by atoms with Crippen molar-refractivity contribution < 1.29 is 15.0 Å². The number of amides is 1. The van der Waals surface area contributed by atoms with Gasteiger partial charge in [0, 0.05) is 55.6 Å². The summed E-state index contributed by atoms with van der Waals surface area (Å²) in [7, 11) is 0. The maximum Gasteiger partial charge on any atom is 0.255 e. The Morgan fingerprint density at radius 2 is 0.718 bits per heavy atom. The number of anilines is 1. The van der Waals surface area contributed by atoms with Gasteiger partial charge in [0.2, 0.25) is 0 Å². The summed E-state index contributed by atoms with van der Waals surface area (Å²) in [5.41, 5.74) is 19.2. The van der Waals surface area contributed by atoms with Crippen molar-refractivity contribution in [3.05, 3.63) is 185 Å². The van der Waals surface area contributed by atoms with E-state index in [9.17, 15) is 15.0 Å². The van der Waals surface area contributed by atoms with Crippen LogP contribution in [0, 0.1) is 0 Å². The predicted molar refractivity (Wildman–Crippen MR) is 294 cm³/mol. The van der Waals surface area contributed by atoms with Crippen LogP contribution in [0.5, 0.6) is 11.5 Å². The summed E-state index contributed by atoms with van der Waals surface area (Å²) in [5.74, 6) is -1.07. The van der Waals surface area contributed by atoms with Crippen LogP contribution < -0.4 is 5.32 Å². The fourth-order valence-corrected chi connectivity index (χ4v) is 9.42. The van der Waals surface area contributed by atoms with Crippen LogP contribution in [0.3, 0.4) is 0 Å². The van der Waals surface area contributed by atoms with Gasteiger partial charge in [-0.1, -0.05) is 147 Å². The molecule has 0 atom stereocenters. The molecule has 3 aromatic heterocycles. The first-order chi connectivity index (χ1) is 33.8. The largest absolute Gasteiger partial charge is 0.504 e. The first kappa shape index (κ1) is 46.5. The molecule has 5 heterocycles. The van der Waals surface area contributed by atoms with Gasteiger partial charge in [0.15, 0.2) is 11.5 Å². The normalized spacial score (nSPS) is 12.6. The average molecular weight is 934 g/mol. The topological polar surface area (TPSA) is 127 Å². The average Bonchev–Trinajstić information content (AvgIpc) is 4.19. The zero-order valence-corrected chi connectivity index (χ0v) is 41.8. The van der Waals surface area contributed by atoms with Crippen molar-refractivity contribution in [1.29, 1.82) is 0 Å². The highest BCUT2D eigenvalue weighted by Crippen LogP contribution is 2.40. The second-order valence-corrected chi connectivity index (χ2v) is 21.7. The van der Waals surface area contributed by atoms with Crippen molar-refractivity contribution in [2.24, 2.45) is 0 Å². The van der Waals surface area contributed by atoms with E-state index in [2.05, 4.69) is 199 Å². The molecule has 5 N–H and O–H groups in total. The van der Waals surface area contributed by atoms with Gasteiger partial charge in [-0.05, 0) is 134 Å².